The molecule has 5 aromatic carbocycles. The van der Waals surface area contributed by atoms with Crippen LogP contribution in [0.2, 0.25) is 5.02 Å². The highest BCUT2D eigenvalue weighted by atomic mass is 35.5. The lowest BCUT2D eigenvalue weighted by molar-refractivity contribution is -0.0328. The average Bonchev–Trinajstić information content (AvgIpc) is 3.23. The van der Waals surface area contributed by atoms with Crippen LogP contribution in [0, 0.1) is 5.92 Å². The van der Waals surface area contributed by atoms with Crippen LogP contribution < -0.4 is 21.1 Å². The van der Waals surface area contributed by atoms with E-state index in [4.69, 9.17) is 23.1 Å². The van der Waals surface area contributed by atoms with Crippen LogP contribution >= 0.6 is 47.1 Å². The lowest BCUT2D eigenvalue weighted by Gasteiger charge is -2.36. The number of carbonyl (C=O) groups is 1. The number of carbonyl (C=O) groups excluding carboxylic acids is 1. The standard InChI is InChI=1S/C32H29ClF3N3O2S2.C10H15NS.C2H6/c33-23-9-5-20(6-10-23)26-3-1-2-4-27(26)30(40)21-15-17-39(18-16-21)24-11-7-22(8-12-24)31(41)38-43-25-13-14-28(37)29(19-25)42-32(34,35)36;11-8-4-5-9-12-10-6-2-1-3-7-10;1-2/h1-14,19,21,30,40H,15-18,37H2,(H,38,41);1-3,6-7H,4-5,8-9,11H2;1-2H3. The monoisotopic (exact) mass is 854 g/mol. The summed E-state index contributed by atoms with van der Waals surface area (Å²) in [6.07, 6.45) is 3.38. The van der Waals surface area contributed by atoms with E-state index >= 15 is 0 Å². The predicted molar refractivity (Wildman–Crippen MR) is 236 cm³/mol. The second-order valence-corrected chi connectivity index (χ2v) is 16.4. The number of nitrogen functional groups attached to an aromatic ring is 1. The van der Waals surface area contributed by atoms with E-state index < -0.39 is 11.6 Å². The molecular weight excluding hydrogens is 805 g/mol. The van der Waals surface area contributed by atoms with Gasteiger partial charge in [0.1, 0.15) is 0 Å². The molecule has 1 amide bonds. The Morgan fingerprint density at radius 3 is 2.18 bits per heavy atom. The van der Waals surface area contributed by atoms with Crippen LogP contribution in [-0.4, -0.2) is 41.9 Å². The van der Waals surface area contributed by atoms with Crippen molar-refractivity contribution in [2.75, 3.05) is 36.0 Å². The molecule has 6 rings (SSSR count). The van der Waals surface area contributed by atoms with Gasteiger partial charge in [-0.25, -0.2) is 0 Å². The molecule has 6 nitrogen and oxygen atoms in total. The van der Waals surface area contributed by atoms with Gasteiger partial charge < -0.3 is 21.5 Å². The first-order chi connectivity index (χ1) is 27.5. The van der Waals surface area contributed by atoms with Crippen LogP contribution in [-0.2, 0) is 0 Å². The zero-order valence-corrected chi connectivity index (χ0v) is 35.3. The maximum Gasteiger partial charge on any atom is 0.446 e. The van der Waals surface area contributed by atoms with Crippen LogP contribution in [0.4, 0.5) is 24.5 Å². The Labute approximate surface area is 352 Å². The number of hydrogen-bond acceptors (Lipinski definition) is 8. The molecule has 5 aromatic rings. The highest BCUT2D eigenvalue weighted by Gasteiger charge is 2.31. The van der Waals surface area contributed by atoms with Crippen molar-refractivity contribution in [3.8, 4) is 11.1 Å². The molecule has 6 N–H and O–H groups in total. The molecule has 0 spiro atoms. The van der Waals surface area contributed by atoms with Crippen LogP contribution in [0.25, 0.3) is 11.1 Å². The van der Waals surface area contributed by atoms with Crippen molar-refractivity contribution >= 4 is 64.4 Å². The number of piperidine rings is 1. The lowest BCUT2D eigenvalue weighted by Crippen LogP contribution is -2.35. The summed E-state index contributed by atoms with van der Waals surface area (Å²) in [6, 6.07) is 37.5. The number of halogens is 4. The quantitative estimate of drug-likeness (QED) is 0.0402. The summed E-state index contributed by atoms with van der Waals surface area (Å²) in [7, 11) is 0. The highest BCUT2D eigenvalue weighted by Crippen LogP contribution is 2.41. The Bertz CT molecular complexity index is 1950. The van der Waals surface area contributed by atoms with Gasteiger partial charge in [-0.2, -0.15) is 13.2 Å². The molecule has 1 aliphatic rings. The fourth-order valence-corrected chi connectivity index (χ4v) is 8.50. The SMILES string of the molecule is CC.NCCCCSc1ccccc1.Nc1ccc(SNC(=O)c2ccc(N3CCC(C(O)c4ccccc4-c4ccc(Cl)cc4)CC3)cc2)cc1SC(F)(F)F. The van der Waals surface area contributed by atoms with Gasteiger partial charge in [0.15, 0.2) is 0 Å². The van der Waals surface area contributed by atoms with E-state index in [0.717, 1.165) is 73.2 Å². The Hall–Kier alpha value is -3.78. The molecule has 1 unspecified atom stereocenters. The number of rotatable bonds is 13. The third-order valence-corrected chi connectivity index (χ3v) is 11.9. The van der Waals surface area contributed by atoms with Gasteiger partial charge in [-0.05, 0) is 151 Å². The molecule has 57 heavy (non-hydrogen) atoms. The van der Waals surface area contributed by atoms with Crippen molar-refractivity contribution in [2.45, 2.75) is 65.8 Å². The molecule has 0 saturated carbocycles. The number of benzene rings is 5. The van der Waals surface area contributed by atoms with Crippen LogP contribution in [0.5, 0.6) is 0 Å². The predicted octanol–water partition coefficient (Wildman–Crippen LogP) is 12.1. The summed E-state index contributed by atoms with van der Waals surface area (Å²) >= 11 is 8.61. The van der Waals surface area contributed by atoms with Gasteiger partial charge >= 0.3 is 5.51 Å². The molecule has 304 valence electrons. The van der Waals surface area contributed by atoms with Crippen molar-refractivity contribution < 1.29 is 23.1 Å². The molecule has 0 aromatic heterocycles. The fourth-order valence-electron chi connectivity index (χ4n) is 6.11. The second kappa shape index (κ2) is 23.6. The summed E-state index contributed by atoms with van der Waals surface area (Å²) in [4.78, 5) is 16.6. The number of hydrogen-bond donors (Lipinski definition) is 4. The third kappa shape index (κ3) is 14.8. The molecule has 1 fully saturated rings. The van der Waals surface area contributed by atoms with E-state index in [2.05, 4.69) is 33.9 Å². The van der Waals surface area contributed by atoms with Crippen LogP contribution in [0.1, 0.15) is 61.6 Å². The van der Waals surface area contributed by atoms with Gasteiger partial charge in [-0.1, -0.05) is 80.0 Å². The highest BCUT2D eigenvalue weighted by molar-refractivity contribution is 8.00. The molecule has 0 bridgehead atoms. The number of thioether (sulfide) groups is 2. The summed E-state index contributed by atoms with van der Waals surface area (Å²) in [5.41, 5.74) is 11.0. The smallest absolute Gasteiger partial charge is 0.398 e. The first kappa shape index (κ1) is 45.9. The summed E-state index contributed by atoms with van der Waals surface area (Å²) in [6.45, 7) is 6.35. The minimum absolute atomic E-state index is 0.0230. The van der Waals surface area contributed by atoms with Crippen molar-refractivity contribution in [3.63, 3.8) is 0 Å². The molecular formula is C44H50ClF3N4O2S3. The van der Waals surface area contributed by atoms with Gasteiger partial charge in [0, 0.05) is 49.7 Å². The van der Waals surface area contributed by atoms with Crippen molar-refractivity contribution in [1.82, 2.24) is 4.72 Å². The number of nitrogens with zero attached hydrogens (tertiary/aromatic N) is 1. The first-order valence-corrected chi connectivity index (χ1v) is 21.9. The van der Waals surface area contributed by atoms with E-state index in [-0.39, 0.29) is 34.2 Å². The Kier molecular flexibility index (Phi) is 19.0. The summed E-state index contributed by atoms with van der Waals surface area (Å²) in [5.74, 6) is 0.927. The number of unbranched alkanes of at least 4 members (excludes halogenated alkanes) is 1. The molecule has 13 heteroatoms. The molecule has 0 aliphatic carbocycles. The molecule has 1 saturated heterocycles. The maximum absolute atomic E-state index is 12.8. The number of alkyl halides is 3. The average molecular weight is 856 g/mol. The van der Waals surface area contributed by atoms with Crippen LogP contribution in [0.15, 0.2) is 136 Å². The largest absolute Gasteiger partial charge is 0.446 e. The number of amides is 1. The Morgan fingerprint density at radius 1 is 0.877 bits per heavy atom. The van der Waals surface area contributed by atoms with Crippen molar-refractivity contribution in [3.05, 3.63) is 137 Å². The van der Waals surface area contributed by atoms with E-state index in [0.29, 0.717) is 15.5 Å². The van der Waals surface area contributed by atoms with Gasteiger partial charge in [-0.3, -0.25) is 9.52 Å². The number of anilines is 2. The normalized spacial score (nSPS) is 13.4. The summed E-state index contributed by atoms with van der Waals surface area (Å²) < 4.78 is 41.0. The minimum Gasteiger partial charge on any atom is -0.398 e. The second-order valence-electron chi connectivity index (χ2n) is 12.8. The summed E-state index contributed by atoms with van der Waals surface area (Å²) in [5, 5.41) is 12.0. The maximum atomic E-state index is 12.8. The molecule has 1 heterocycles. The van der Waals surface area contributed by atoms with E-state index in [1.165, 1.54) is 29.2 Å². The van der Waals surface area contributed by atoms with Gasteiger partial charge in [0.05, 0.1) is 6.10 Å². The zero-order valence-electron chi connectivity index (χ0n) is 32.1. The topological polar surface area (TPSA) is 105 Å². The van der Waals surface area contributed by atoms with Crippen molar-refractivity contribution in [1.29, 1.82) is 0 Å². The van der Waals surface area contributed by atoms with Gasteiger partial charge in [-0.15, -0.1) is 11.8 Å². The van der Waals surface area contributed by atoms with E-state index in [1.54, 1.807) is 18.2 Å². The van der Waals surface area contributed by atoms with Gasteiger partial charge in [0.25, 0.3) is 5.91 Å². The molecule has 1 atom stereocenters. The molecule has 1 aliphatic heterocycles. The zero-order chi connectivity index (χ0) is 41.2. The van der Waals surface area contributed by atoms with Crippen molar-refractivity contribution in [2.24, 2.45) is 11.7 Å². The van der Waals surface area contributed by atoms with Crippen LogP contribution in [0.3, 0.4) is 0 Å². The van der Waals surface area contributed by atoms with Gasteiger partial charge in [0.2, 0.25) is 0 Å². The number of aliphatic hydroxyl groups excluding tert-OH is 1. The first-order valence-electron chi connectivity index (χ1n) is 18.9. The van der Waals surface area contributed by atoms with E-state index in [9.17, 15) is 23.1 Å². The Morgan fingerprint density at radius 2 is 1.53 bits per heavy atom. The Balaban J connectivity index is 0.000000437. The number of nitrogens with two attached hydrogens (primary N) is 2. The minimum atomic E-state index is -4.46. The third-order valence-electron chi connectivity index (χ3n) is 9.00. The number of nitrogens with one attached hydrogen (secondary N) is 1. The van der Waals surface area contributed by atoms with E-state index in [1.807, 2.05) is 92.3 Å². The molecule has 0 radical (unpaired) electrons. The number of aliphatic hydroxyl groups is 1. The fraction of sp³-hybridized carbons (Fsp3) is 0.295. The lowest BCUT2D eigenvalue weighted by atomic mass is 9.84.